The molecule has 0 saturated heterocycles. The van der Waals surface area contributed by atoms with Crippen LogP contribution < -0.4 is 0 Å². The van der Waals surface area contributed by atoms with Crippen molar-refractivity contribution >= 4 is 22.9 Å². The van der Waals surface area contributed by atoms with Crippen molar-refractivity contribution in [2.24, 2.45) is 0 Å². The van der Waals surface area contributed by atoms with Gasteiger partial charge >= 0.3 is 0 Å². The Morgan fingerprint density at radius 3 is 2.77 bits per heavy atom. The summed E-state index contributed by atoms with van der Waals surface area (Å²) in [7, 11) is 0. The molecule has 72 valence electrons. The van der Waals surface area contributed by atoms with Crippen molar-refractivity contribution in [3.8, 4) is 0 Å². The third kappa shape index (κ3) is 1.90. The quantitative estimate of drug-likeness (QED) is 0.763. The fraction of sp³-hybridized carbons (Fsp3) is 0.600. The third-order valence-corrected chi connectivity index (χ3v) is 3.98. The van der Waals surface area contributed by atoms with E-state index in [1.807, 2.05) is 11.4 Å². The lowest BCUT2D eigenvalue weighted by atomic mass is 9.83. The predicted octanol–water partition coefficient (Wildman–Crippen LogP) is 3.42. The normalized spacial score (nSPS) is 29.1. The molecule has 1 saturated carbocycles. The Morgan fingerprint density at radius 1 is 1.38 bits per heavy atom. The average Bonchev–Trinajstić information content (AvgIpc) is 2.52. The summed E-state index contributed by atoms with van der Waals surface area (Å²) in [5.74, 6) is 0.285. The third-order valence-electron chi connectivity index (χ3n) is 2.78. The minimum atomic E-state index is -0.180. The topological polar surface area (TPSA) is 20.2 Å². The second kappa shape index (κ2) is 3.99. The van der Waals surface area contributed by atoms with Crippen LogP contribution in [0.1, 0.15) is 37.2 Å². The highest BCUT2D eigenvalue weighted by Crippen LogP contribution is 2.38. The molecule has 0 unspecified atom stereocenters. The van der Waals surface area contributed by atoms with E-state index >= 15 is 0 Å². The first-order valence-electron chi connectivity index (χ1n) is 4.70. The summed E-state index contributed by atoms with van der Waals surface area (Å²) in [6, 6.07) is 2.05. The maximum absolute atomic E-state index is 9.81. The van der Waals surface area contributed by atoms with Crippen LogP contribution in [0.4, 0.5) is 0 Å². The molecule has 2 rings (SSSR count). The molecule has 1 heterocycles. The molecule has 1 N–H and O–H groups in total. The second-order valence-corrected chi connectivity index (χ2v) is 5.13. The van der Waals surface area contributed by atoms with Gasteiger partial charge in [-0.15, -0.1) is 11.3 Å². The minimum absolute atomic E-state index is 0.180. The van der Waals surface area contributed by atoms with Crippen molar-refractivity contribution in [1.29, 1.82) is 0 Å². The molecule has 2 atom stereocenters. The summed E-state index contributed by atoms with van der Waals surface area (Å²) >= 11 is 7.60. The number of aliphatic hydroxyl groups excluding tert-OH is 1. The van der Waals surface area contributed by atoms with Crippen LogP contribution in [0.25, 0.3) is 0 Å². The Kier molecular flexibility index (Phi) is 2.92. The summed E-state index contributed by atoms with van der Waals surface area (Å²) < 4.78 is 0.853. The molecule has 3 heteroatoms. The maximum Gasteiger partial charge on any atom is 0.0964 e. The van der Waals surface area contributed by atoms with Crippen LogP contribution >= 0.6 is 22.9 Å². The number of rotatable bonds is 1. The minimum Gasteiger partial charge on any atom is -0.392 e. The largest absolute Gasteiger partial charge is 0.392 e. The van der Waals surface area contributed by atoms with Crippen LogP contribution in [-0.2, 0) is 0 Å². The Labute approximate surface area is 87.4 Å². The number of halogens is 1. The molecule has 1 aliphatic rings. The van der Waals surface area contributed by atoms with Crippen molar-refractivity contribution in [1.82, 2.24) is 0 Å². The Morgan fingerprint density at radius 2 is 2.15 bits per heavy atom. The molecule has 0 aliphatic heterocycles. The molecule has 1 fully saturated rings. The van der Waals surface area contributed by atoms with E-state index in [0.717, 1.165) is 29.2 Å². The van der Waals surface area contributed by atoms with Gasteiger partial charge in [-0.3, -0.25) is 0 Å². The van der Waals surface area contributed by atoms with Crippen molar-refractivity contribution in [3.05, 3.63) is 21.3 Å². The van der Waals surface area contributed by atoms with E-state index in [-0.39, 0.29) is 12.0 Å². The van der Waals surface area contributed by atoms with E-state index in [2.05, 4.69) is 0 Å². The number of hydrogen-bond donors (Lipinski definition) is 1. The zero-order chi connectivity index (χ0) is 9.26. The van der Waals surface area contributed by atoms with Crippen LogP contribution in [0.3, 0.4) is 0 Å². The summed E-state index contributed by atoms with van der Waals surface area (Å²) in [5.41, 5.74) is 1.15. The lowest BCUT2D eigenvalue weighted by Crippen LogP contribution is -2.22. The van der Waals surface area contributed by atoms with E-state index in [0.29, 0.717) is 0 Å². The van der Waals surface area contributed by atoms with Crippen LogP contribution in [0.15, 0.2) is 11.4 Å². The van der Waals surface area contributed by atoms with E-state index in [9.17, 15) is 5.11 Å². The molecule has 0 aromatic carbocycles. The van der Waals surface area contributed by atoms with Crippen molar-refractivity contribution in [2.45, 2.75) is 37.7 Å². The van der Waals surface area contributed by atoms with Gasteiger partial charge < -0.3 is 5.11 Å². The van der Waals surface area contributed by atoms with Gasteiger partial charge in [0.15, 0.2) is 0 Å². The van der Waals surface area contributed by atoms with Gasteiger partial charge in [-0.1, -0.05) is 24.4 Å². The van der Waals surface area contributed by atoms with Gasteiger partial charge in [0.05, 0.1) is 10.4 Å². The summed E-state index contributed by atoms with van der Waals surface area (Å²) in [6.07, 6.45) is 4.20. The fourth-order valence-electron chi connectivity index (χ4n) is 2.04. The van der Waals surface area contributed by atoms with E-state index in [4.69, 9.17) is 11.6 Å². The van der Waals surface area contributed by atoms with Crippen molar-refractivity contribution in [2.75, 3.05) is 0 Å². The molecule has 1 aromatic heterocycles. The van der Waals surface area contributed by atoms with E-state index < -0.39 is 0 Å². The number of hydrogen-bond acceptors (Lipinski definition) is 2. The highest BCUT2D eigenvalue weighted by atomic mass is 35.5. The van der Waals surface area contributed by atoms with Crippen LogP contribution in [0.5, 0.6) is 0 Å². The van der Waals surface area contributed by atoms with Gasteiger partial charge in [0.1, 0.15) is 0 Å². The predicted molar refractivity (Wildman–Crippen MR) is 56.5 cm³/mol. The fourth-order valence-corrected chi connectivity index (χ4v) is 3.09. The lowest BCUT2D eigenvalue weighted by Gasteiger charge is -2.27. The van der Waals surface area contributed by atoms with Crippen LogP contribution in [-0.4, -0.2) is 11.2 Å². The zero-order valence-corrected chi connectivity index (χ0v) is 8.94. The average molecular weight is 217 g/mol. The van der Waals surface area contributed by atoms with Crippen LogP contribution in [0, 0.1) is 0 Å². The van der Waals surface area contributed by atoms with Gasteiger partial charge in [-0.25, -0.2) is 0 Å². The molecular formula is C10H13ClOS. The molecule has 0 amide bonds. The Hall–Kier alpha value is -0.0500. The first-order chi connectivity index (χ1) is 6.29. The molecule has 1 aromatic rings. The summed E-state index contributed by atoms with van der Waals surface area (Å²) in [6.45, 7) is 0. The van der Waals surface area contributed by atoms with Gasteiger partial charge in [0.25, 0.3) is 0 Å². The molecule has 0 spiro atoms. The highest BCUT2D eigenvalue weighted by Gasteiger charge is 2.26. The van der Waals surface area contributed by atoms with Crippen molar-refractivity contribution < 1.29 is 5.11 Å². The van der Waals surface area contributed by atoms with E-state index in [1.165, 1.54) is 6.42 Å². The standard InChI is InChI=1S/C10H13ClOS/c11-10-8(5-6-13-10)7-3-1-2-4-9(7)12/h5-7,9,12H,1-4H2/t7-,9+/m0/s1. The molecule has 0 bridgehead atoms. The maximum atomic E-state index is 9.81. The first-order valence-corrected chi connectivity index (χ1v) is 5.96. The van der Waals surface area contributed by atoms with Gasteiger partial charge in [0.2, 0.25) is 0 Å². The SMILES string of the molecule is O[C@@H]1CCCC[C@H]1c1ccsc1Cl. The summed E-state index contributed by atoms with van der Waals surface area (Å²) in [5, 5.41) is 11.8. The molecule has 1 nitrogen and oxygen atoms in total. The van der Waals surface area contributed by atoms with E-state index in [1.54, 1.807) is 11.3 Å². The van der Waals surface area contributed by atoms with Gasteiger partial charge in [-0.2, -0.15) is 0 Å². The Balaban J connectivity index is 2.19. The first kappa shape index (κ1) is 9.50. The highest BCUT2D eigenvalue weighted by molar-refractivity contribution is 7.14. The Bertz CT molecular complexity index is 284. The number of aliphatic hydroxyl groups is 1. The van der Waals surface area contributed by atoms with Crippen LogP contribution in [0.2, 0.25) is 4.34 Å². The summed E-state index contributed by atoms with van der Waals surface area (Å²) in [4.78, 5) is 0. The lowest BCUT2D eigenvalue weighted by molar-refractivity contribution is 0.106. The van der Waals surface area contributed by atoms with Crippen molar-refractivity contribution in [3.63, 3.8) is 0 Å². The number of thiophene rings is 1. The molecule has 0 radical (unpaired) electrons. The molecular weight excluding hydrogens is 204 g/mol. The van der Waals surface area contributed by atoms with Gasteiger partial charge in [0, 0.05) is 5.92 Å². The zero-order valence-electron chi connectivity index (χ0n) is 7.37. The molecule has 13 heavy (non-hydrogen) atoms. The molecule has 1 aliphatic carbocycles. The second-order valence-electron chi connectivity index (χ2n) is 3.61. The monoisotopic (exact) mass is 216 g/mol. The smallest absolute Gasteiger partial charge is 0.0964 e. The van der Waals surface area contributed by atoms with Gasteiger partial charge in [-0.05, 0) is 29.9 Å².